The Bertz CT molecular complexity index is 626. The molecule has 0 saturated carbocycles. The number of aryl methyl sites for hydroxylation is 1. The maximum Gasteiger partial charge on any atom is 0.274 e. The molecule has 2 aromatic rings. The van der Waals surface area contributed by atoms with Gasteiger partial charge in [0.05, 0.1) is 7.11 Å². The van der Waals surface area contributed by atoms with Crippen LogP contribution < -0.4 is 15.4 Å². The van der Waals surface area contributed by atoms with E-state index in [0.717, 1.165) is 22.7 Å². The zero-order valence-electron chi connectivity index (χ0n) is 11.7. The van der Waals surface area contributed by atoms with Crippen molar-refractivity contribution in [2.45, 2.75) is 6.92 Å². The molecule has 5 nitrogen and oxygen atoms in total. The van der Waals surface area contributed by atoms with Gasteiger partial charge in [0.1, 0.15) is 11.4 Å². The molecule has 1 heterocycles. The molecule has 5 heteroatoms. The number of nitrogens with one attached hydrogen (secondary N) is 2. The fourth-order valence-corrected chi connectivity index (χ4v) is 1.80. The van der Waals surface area contributed by atoms with E-state index in [0.29, 0.717) is 5.69 Å². The molecule has 0 fully saturated rings. The summed E-state index contributed by atoms with van der Waals surface area (Å²) >= 11 is 0. The number of anilines is 2. The van der Waals surface area contributed by atoms with Gasteiger partial charge in [-0.25, -0.2) is 0 Å². The molecule has 1 amide bonds. The number of rotatable bonds is 4. The van der Waals surface area contributed by atoms with Gasteiger partial charge in [-0.05, 0) is 42.8 Å². The third-order valence-corrected chi connectivity index (χ3v) is 2.96. The van der Waals surface area contributed by atoms with E-state index in [1.165, 1.54) is 0 Å². The molecular formula is C15H17N3O2. The molecule has 0 saturated heterocycles. The van der Waals surface area contributed by atoms with Crippen molar-refractivity contribution >= 4 is 17.3 Å². The van der Waals surface area contributed by atoms with Crippen LogP contribution in [0.4, 0.5) is 11.4 Å². The minimum absolute atomic E-state index is 0.240. The average Bonchev–Trinajstić information content (AvgIpc) is 2.49. The molecule has 2 rings (SSSR count). The summed E-state index contributed by atoms with van der Waals surface area (Å²) < 4.78 is 5.14. The molecule has 1 aromatic carbocycles. The fourth-order valence-electron chi connectivity index (χ4n) is 1.80. The Balaban J connectivity index is 2.18. The zero-order valence-corrected chi connectivity index (χ0v) is 11.7. The molecule has 0 spiro atoms. The van der Waals surface area contributed by atoms with Gasteiger partial charge in [-0.3, -0.25) is 9.78 Å². The highest BCUT2D eigenvalue weighted by atomic mass is 16.5. The predicted octanol–water partition coefficient (Wildman–Crippen LogP) is 2.69. The Kier molecular flexibility index (Phi) is 4.20. The van der Waals surface area contributed by atoms with Crippen molar-refractivity contribution < 1.29 is 9.53 Å². The summed E-state index contributed by atoms with van der Waals surface area (Å²) in [6, 6.07) is 8.99. The number of methoxy groups -OCH3 is 1. The molecule has 0 bridgehead atoms. The number of aromatic nitrogens is 1. The zero-order chi connectivity index (χ0) is 14.5. The Morgan fingerprint density at radius 3 is 2.70 bits per heavy atom. The standard InChI is InChI=1S/C15H17N3O2/c1-10-8-12(20-3)4-5-13(10)18-15(19)14-9-11(16-2)6-7-17-14/h4-9H,1-3H3,(H,16,17)(H,18,19). The van der Waals surface area contributed by atoms with Gasteiger partial charge in [0.25, 0.3) is 5.91 Å². The molecule has 0 aliphatic carbocycles. The Hall–Kier alpha value is -2.56. The summed E-state index contributed by atoms with van der Waals surface area (Å²) in [4.78, 5) is 16.2. The number of ether oxygens (including phenoxy) is 1. The summed E-state index contributed by atoms with van der Waals surface area (Å²) in [5.41, 5.74) is 2.89. The number of amides is 1. The van der Waals surface area contributed by atoms with Crippen LogP contribution in [0.5, 0.6) is 5.75 Å². The van der Waals surface area contributed by atoms with E-state index in [4.69, 9.17) is 4.74 Å². The summed E-state index contributed by atoms with van der Waals surface area (Å²) in [7, 11) is 3.41. The first-order valence-corrected chi connectivity index (χ1v) is 6.24. The lowest BCUT2D eigenvalue weighted by molar-refractivity contribution is 0.102. The van der Waals surface area contributed by atoms with Crippen LogP contribution in [0.25, 0.3) is 0 Å². The quantitative estimate of drug-likeness (QED) is 0.897. The second kappa shape index (κ2) is 6.06. The maximum absolute atomic E-state index is 12.2. The molecule has 0 radical (unpaired) electrons. The van der Waals surface area contributed by atoms with Crippen LogP contribution >= 0.6 is 0 Å². The number of carbonyl (C=O) groups excluding carboxylic acids is 1. The van der Waals surface area contributed by atoms with Gasteiger partial charge >= 0.3 is 0 Å². The first kappa shape index (κ1) is 13.9. The van der Waals surface area contributed by atoms with Crippen molar-refractivity contribution in [1.82, 2.24) is 4.98 Å². The lowest BCUT2D eigenvalue weighted by Crippen LogP contribution is -2.14. The number of hydrogen-bond acceptors (Lipinski definition) is 4. The third-order valence-electron chi connectivity index (χ3n) is 2.96. The summed E-state index contributed by atoms with van der Waals surface area (Å²) in [6.45, 7) is 1.91. The van der Waals surface area contributed by atoms with E-state index in [-0.39, 0.29) is 5.91 Å². The first-order chi connectivity index (χ1) is 9.63. The summed E-state index contributed by atoms with van der Waals surface area (Å²) in [6.07, 6.45) is 1.60. The van der Waals surface area contributed by atoms with Crippen molar-refractivity contribution in [2.24, 2.45) is 0 Å². The van der Waals surface area contributed by atoms with Crippen molar-refractivity contribution in [1.29, 1.82) is 0 Å². The molecule has 20 heavy (non-hydrogen) atoms. The molecule has 1 aromatic heterocycles. The van der Waals surface area contributed by atoms with Gasteiger partial charge in [-0.2, -0.15) is 0 Å². The number of carbonyl (C=O) groups is 1. The van der Waals surface area contributed by atoms with Crippen molar-refractivity contribution in [3.63, 3.8) is 0 Å². The van der Waals surface area contributed by atoms with E-state index in [1.807, 2.05) is 19.1 Å². The highest BCUT2D eigenvalue weighted by Gasteiger charge is 2.10. The summed E-state index contributed by atoms with van der Waals surface area (Å²) in [5, 5.41) is 5.82. The normalized spacial score (nSPS) is 9.95. The highest BCUT2D eigenvalue weighted by Crippen LogP contribution is 2.21. The Labute approximate surface area is 118 Å². The van der Waals surface area contributed by atoms with Gasteiger partial charge in [0.15, 0.2) is 0 Å². The van der Waals surface area contributed by atoms with E-state index >= 15 is 0 Å². The highest BCUT2D eigenvalue weighted by molar-refractivity contribution is 6.03. The van der Waals surface area contributed by atoms with Gasteiger partial charge in [-0.1, -0.05) is 0 Å². The minimum atomic E-state index is -0.240. The molecule has 0 unspecified atom stereocenters. The van der Waals surface area contributed by atoms with E-state index < -0.39 is 0 Å². The van der Waals surface area contributed by atoms with Crippen LogP contribution in [0.1, 0.15) is 16.1 Å². The van der Waals surface area contributed by atoms with Crippen LogP contribution in [0.3, 0.4) is 0 Å². The molecular weight excluding hydrogens is 254 g/mol. The van der Waals surface area contributed by atoms with Crippen LogP contribution in [-0.2, 0) is 0 Å². The Morgan fingerprint density at radius 1 is 1.25 bits per heavy atom. The largest absolute Gasteiger partial charge is 0.497 e. The van der Waals surface area contributed by atoms with Crippen LogP contribution in [0.2, 0.25) is 0 Å². The van der Waals surface area contributed by atoms with Crippen LogP contribution in [0.15, 0.2) is 36.5 Å². The van der Waals surface area contributed by atoms with E-state index in [9.17, 15) is 4.79 Å². The lowest BCUT2D eigenvalue weighted by atomic mass is 10.2. The number of nitrogens with zero attached hydrogens (tertiary/aromatic N) is 1. The molecule has 0 aliphatic heterocycles. The number of benzene rings is 1. The van der Waals surface area contributed by atoms with Crippen LogP contribution in [0, 0.1) is 6.92 Å². The molecule has 2 N–H and O–H groups in total. The fraction of sp³-hybridized carbons (Fsp3) is 0.200. The maximum atomic E-state index is 12.2. The molecule has 0 atom stereocenters. The average molecular weight is 271 g/mol. The van der Waals surface area contributed by atoms with Gasteiger partial charge in [0, 0.05) is 24.6 Å². The van der Waals surface area contributed by atoms with Crippen molar-refractivity contribution in [3.8, 4) is 5.75 Å². The first-order valence-electron chi connectivity index (χ1n) is 6.24. The minimum Gasteiger partial charge on any atom is -0.497 e. The van der Waals surface area contributed by atoms with Crippen molar-refractivity contribution in [2.75, 3.05) is 24.8 Å². The Morgan fingerprint density at radius 2 is 2.05 bits per heavy atom. The van der Waals surface area contributed by atoms with Crippen molar-refractivity contribution in [3.05, 3.63) is 47.8 Å². The molecule has 0 aliphatic rings. The molecule has 104 valence electrons. The topological polar surface area (TPSA) is 63.2 Å². The van der Waals surface area contributed by atoms with E-state index in [2.05, 4.69) is 15.6 Å². The monoisotopic (exact) mass is 271 g/mol. The van der Waals surface area contributed by atoms with Gasteiger partial charge in [-0.15, -0.1) is 0 Å². The summed E-state index contributed by atoms with van der Waals surface area (Å²) in [5.74, 6) is 0.520. The van der Waals surface area contributed by atoms with Gasteiger partial charge in [0.2, 0.25) is 0 Å². The number of pyridine rings is 1. The second-order valence-corrected chi connectivity index (χ2v) is 4.31. The van der Waals surface area contributed by atoms with Gasteiger partial charge < -0.3 is 15.4 Å². The smallest absolute Gasteiger partial charge is 0.274 e. The number of hydrogen-bond donors (Lipinski definition) is 2. The second-order valence-electron chi connectivity index (χ2n) is 4.31. The van der Waals surface area contributed by atoms with Crippen LogP contribution in [-0.4, -0.2) is 25.0 Å². The predicted molar refractivity (Wildman–Crippen MR) is 79.5 cm³/mol. The SMILES string of the molecule is CNc1ccnc(C(=O)Nc2ccc(OC)cc2C)c1. The lowest BCUT2D eigenvalue weighted by Gasteiger charge is -2.10. The van der Waals surface area contributed by atoms with E-state index in [1.54, 1.807) is 38.6 Å². The third kappa shape index (κ3) is 3.06.